The second kappa shape index (κ2) is 4.25. The Morgan fingerprint density at radius 2 is 2.36 bits per heavy atom. The summed E-state index contributed by atoms with van der Waals surface area (Å²) >= 11 is 3.28. The Labute approximate surface area is 91.2 Å². The lowest BCUT2D eigenvalue weighted by molar-refractivity contribution is 0.0633. The van der Waals surface area contributed by atoms with Crippen molar-refractivity contribution in [3.63, 3.8) is 0 Å². The van der Waals surface area contributed by atoms with E-state index in [1.54, 1.807) is 19.2 Å². The summed E-state index contributed by atoms with van der Waals surface area (Å²) in [5, 5.41) is 9.97. The third-order valence-corrected chi connectivity index (χ3v) is 2.42. The van der Waals surface area contributed by atoms with Gasteiger partial charge in [0.1, 0.15) is 5.60 Å². The minimum absolute atomic E-state index is 0.113. The van der Waals surface area contributed by atoms with Crippen LogP contribution >= 0.6 is 15.9 Å². The maximum atomic E-state index is 9.97. The highest BCUT2D eigenvalue weighted by Gasteiger charge is 2.26. The Kier molecular flexibility index (Phi) is 3.47. The highest BCUT2D eigenvalue weighted by atomic mass is 79.9. The number of ether oxygens (including phenoxy) is 1. The topological polar surface area (TPSA) is 68.4 Å². The quantitative estimate of drug-likeness (QED) is 0.852. The average Bonchev–Trinajstić information content (AvgIpc) is 2.18. The van der Waals surface area contributed by atoms with Crippen molar-refractivity contribution in [1.29, 1.82) is 0 Å². The fourth-order valence-corrected chi connectivity index (χ4v) is 1.42. The van der Waals surface area contributed by atoms with Gasteiger partial charge in [-0.25, -0.2) is 4.98 Å². The molecule has 0 spiro atoms. The summed E-state index contributed by atoms with van der Waals surface area (Å²) in [7, 11) is 1.51. The van der Waals surface area contributed by atoms with Crippen molar-refractivity contribution >= 4 is 15.9 Å². The maximum absolute atomic E-state index is 9.97. The maximum Gasteiger partial charge on any atom is 0.219 e. The van der Waals surface area contributed by atoms with Crippen molar-refractivity contribution in [2.45, 2.75) is 12.5 Å². The van der Waals surface area contributed by atoms with Crippen molar-refractivity contribution in [1.82, 2.24) is 4.98 Å². The summed E-state index contributed by atoms with van der Waals surface area (Å²) < 4.78 is 5.82. The molecule has 1 atom stereocenters. The lowest BCUT2D eigenvalue weighted by atomic mass is 9.97. The highest BCUT2D eigenvalue weighted by molar-refractivity contribution is 9.10. The largest absolute Gasteiger partial charge is 0.481 e. The Morgan fingerprint density at radius 1 is 1.71 bits per heavy atom. The fraction of sp³-hybridized carbons (Fsp3) is 0.444. The van der Waals surface area contributed by atoms with Crippen LogP contribution in [0.15, 0.2) is 16.7 Å². The van der Waals surface area contributed by atoms with E-state index < -0.39 is 5.60 Å². The summed E-state index contributed by atoms with van der Waals surface area (Å²) in [6, 6.07) is 1.75. The van der Waals surface area contributed by atoms with Gasteiger partial charge in [-0.2, -0.15) is 0 Å². The van der Waals surface area contributed by atoms with E-state index in [-0.39, 0.29) is 6.54 Å². The lowest BCUT2D eigenvalue weighted by Gasteiger charge is -2.23. The van der Waals surface area contributed by atoms with Crippen LogP contribution in [0.5, 0.6) is 5.88 Å². The van der Waals surface area contributed by atoms with Crippen LogP contribution in [0.2, 0.25) is 0 Å². The van der Waals surface area contributed by atoms with Crippen LogP contribution in [-0.4, -0.2) is 23.7 Å². The van der Waals surface area contributed by atoms with Crippen LogP contribution in [0.3, 0.4) is 0 Å². The molecule has 0 saturated heterocycles. The third-order valence-electron chi connectivity index (χ3n) is 1.99. The number of hydrogen-bond donors (Lipinski definition) is 2. The molecule has 14 heavy (non-hydrogen) atoms. The molecule has 0 aliphatic rings. The SMILES string of the molecule is COc1ncc(Br)cc1C(C)(O)CN. The summed E-state index contributed by atoms with van der Waals surface area (Å²) in [4.78, 5) is 4.03. The zero-order valence-electron chi connectivity index (χ0n) is 8.12. The molecule has 1 aromatic heterocycles. The Morgan fingerprint density at radius 3 is 2.86 bits per heavy atom. The number of methoxy groups -OCH3 is 1. The van der Waals surface area contributed by atoms with Crippen LogP contribution in [-0.2, 0) is 5.60 Å². The smallest absolute Gasteiger partial charge is 0.219 e. The van der Waals surface area contributed by atoms with E-state index in [1.165, 1.54) is 7.11 Å². The van der Waals surface area contributed by atoms with Crippen LogP contribution in [0.4, 0.5) is 0 Å². The monoisotopic (exact) mass is 260 g/mol. The normalized spacial score (nSPS) is 14.9. The average molecular weight is 261 g/mol. The molecule has 78 valence electrons. The zero-order valence-corrected chi connectivity index (χ0v) is 9.71. The molecule has 1 heterocycles. The van der Waals surface area contributed by atoms with Gasteiger partial charge in [0.25, 0.3) is 0 Å². The van der Waals surface area contributed by atoms with Gasteiger partial charge < -0.3 is 15.6 Å². The number of pyridine rings is 1. The van der Waals surface area contributed by atoms with E-state index in [0.29, 0.717) is 11.4 Å². The first-order chi connectivity index (χ1) is 6.51. The Balaban J connectivity index is 3.23. The minimum atomic E-state index is -1.12. The van der Waals surface area contributed by atoms with Crippen molar-refractivity contribution in [3.05, 3.63) is 22.3 Å². The predicted octanol–water partition coefficient (Wildman–Crippen LogP) is 1.02. The molecule has 0 radical (unpaired) electrons. The number of hydrogen-bond acceptors (Lipinski definition) is 4. The van der Waals surface area contributed by atoms with Crippen molar-refractivity contribution in [2.75, 3.05) is 13.7 Å². The highest BCUT2D eigenvalue weighted by Crippen LogP contribution is 2.29. The minimum Gasteiger partial charge on any atom is -0.481 e. The van der Waals surface area contributed by atoms with Gasteiger partial charge in [-0.3, -0.25) is 0 Å². The first kappa shape index (κ1) is 11.4. The first-order valence-corrected chi connectivity index (χ1v) is 4.93. The van der Waals surface area contributed by atoms with Gasteiger partial charge >= 0.3 is 0 Å². The van der Waals surface area contributed by atoms with E-state index in [4.69, 9.17) is 10.5 Å². The second-order valence-corrected chi connectivity index (χ2v) is 4.10. The van der Waals surface area contributed by atoms with Crippen molar-refractivity contribution in [2.24, 2.45) is 5.73 Å². The molecule has 5 heteroatoms. The Bertz CT molecular complexity index is 329. The molecule has 0 fully saturated rings. The van der Waals surface area contributed by atoms with Gasteiger partial charge in [-0.1, -0.05) is 0 Å². The van der Waals surface area contributed by atoms with Gasteiger partial charge in [0.2, 0.25) is 5.88 Å². The van der Waals surface area contributed by atoms with Crippen LogP contribution in [0, 0.1) is 0 Å². The molecule has 1 rings (SSSR count). The molecule has 1 unspecified atom stereocenters. The Hall–Kier alpha value is -0.650. The first-order valence-electron chi connectivity index (χ1n) is 4.13. The van der Waals surface area contributed by atoms with Crippen LogP contribution in [0.1, 0.15) is 12.5 Å². The van der Waals surface area contributed by atoms with E-state index in [2.05, 4.69) is 20.9 Å². The molecular formula is C9H13BrN2O2. The summed E-state index contributed by atoms with van der Waals surface area (Å²) in [6.07, 6.45) is 1.61. The molecule has 0 aliphatic heterocycles. The standard InChI is InChI=1S/C9H13BrN2O2/c1-9(13,5-11)7-3-6(10)4-12-8(7)14-2/h3-4,13H,5,11H2,1-2H3. The summed E-state index contributed by atoms with van der Waals surface area (Å²) in [5.41, 5.74) is 4.92. The molecule has 4 nitrogen and oxygen atoms in total. The number of aliphatic hydroxyl groups is 1. The van der Waals surface area contributed by atoms with E-state index in [0.717, 1.165) is 4.47 Å². The van der Waals surface area contributed by atoms with E-state index >= 15 is 0 Å². The van der Waals surface area contributed by atoms with Gasteiger partial charge in [0.15, 0.2) is 0 Å². The van der Waals surface area contributed by atoms with Crippen molar-refractivity contribution in [3.8, 4) is 5.88 Å². The lowest BCUT2D eigenvalue weighted by Crippen LogP contribution is -2.32. The third kappa shape index (κ3) is 2.23. The number of halogens is 1. The summed E-state index contributed by atoms with van der Waals surface area (Å²) in [5.74, 6) is 0.392. The number of rotatable bonds is 3. The number of nitrogens with zero attached hydrogens (tertiary/aromatic N) is 1. The van der Waals surface area contributed by atoms with Gasteiger partial charge in [0, 0.05) is 22.8 Å². The number of nitrogens with two attached hydrogens (primary N) is 1. The summed E-state index contributed by atoms with van der Waals surface area (Å²) in [6.45, 7) is 1.74. The zero-order chi connectivity index (χ0) is 10.8. The van der Waals surface area contributed by atoms with Crippen molar-refractivity contribution < 1.29 is 9.84 Å². The second-order valence-electron chi connectivity index (χ2n) is 3.19. The van der Waals surface area contributed by atoms with Gasteiger partial charge in [-0.05, 0) is 28.9 Å². The molecule has 0 saturated carbocycles. The van der Waals surface area contributed by atoms with Gasteiger partial charge in [0.05, 0.1) is 7.11 Å². The molecule has 3 N–H and O–H groups in total. The van der Waals surface area contributed by atoms with E-state index in [1.807, 2.05) is 0 Å². The molecule has 0 bridgehead atoms. The van der Waals surface area contributed by atoms with Crippen LogP contribution in [0.25, 0.3) is 0 Å². The number of aromatic nitrogens is 1. The molecule has 0 aliphatic carbocycles. The van der Waals surface area contributed by atoms with E-state index in [9.17, 15) is 5.11 Å². The predicted molar refractivity (Wildman–Crippen MR) is 57.1 cm³/mol. The molecule has 0 amide bonds. The molecule has 1 aromatic rings. The van der Waals surface area contributed by atoms with Crippen LogP contribution < -0.4 is 10.5 Å². The molecule has 0 aromatic carbocycles. The fourth-order valence-electron chi connectivity index (χ4n) is 1.09. The molecular weight excluding hydrogens is 248 g/mol. The van der Waals surface area contributed by atoms with Gasteiger partial charge in [-0.15, -0.1) is 0 Å².